The zero-order chi connectivity index (χ0) is 11.5. The number of benzene rings is 1. The maximum absolute atomic E-state index is 11.3. The highest BCUT2D eigenvalue weighted by Crippen LogP contribution is 2.28. The number of halogens is 1. The fourth-order valence-corrected chi connectivity index (χ4v) is 2.46. The summed E-state index contributed by atoms with van der Waals surface area (Å²) in [6.07, 6.45) is 1.40. The molecule has 1 N–H and O–H groups in total. The van der Waals surface area contributed by atoms with Crippen LogP contribution in [0, 0.1) is 0 Å². The first-order chi connectivity index (χ1) is 7.70. The van der Waals surface area contributed by atoms with E-state index in [1.165, 1.54) is 18.2 Å². The second kappa shape index (κ2) is 4.97. The van der Waals surface area contributed by atoms with E-state index in [4.69, 9.17) is 4.74 Å². The summed E-state index contributed by atoms with van der Waals surface area (Å²) >= 11 is 3.46. The van der Waals surface area contributed by atoms with Crippen molar-refractivity contribution in [1.82, 2.24) is 5.32 Å². The Morgan fingerprint density at radius 3 is 3.19 bits per heavy atom. The van der Waals surface area contributed by atoms with Crippen LogP contribution in [-0.4, -0.2) is 19.6 Å². The molecule has 86 valence electrons. The minimum Gasteiger partial charge on any atom is -0.469 e. The summed E-state index contributed by atoms with van der Waals surface area (Å²) in [5, 5.41) is 3.34. The molecule has 1 aliphatic rings. The van der Waals surface area contributed by atoms with Gasteiger partial charge in [0.15, 0.2) is 0 Å². The van der Waals surface area contributed by atoms with Crippen LogP contribution in [0.3, 0.4) is 0 Å². The lowest BCUT2D eigenvalue weighted by atomic mass is 9.93. The molecule has 0 fully saturated rings. The number of nitrogens with one attached hydrogen (secondary N) is 1. The first-order valence-electron chi connectivity index (χ1n) is 5.29. The number of carbonyl (C=O) groups excluding carboxylic acids is 1. The highest BCUT2D eigenvalue weighted by molar-refractivity contribution is 9.10. The molecule has 1 aliphatic heterocycles. The van der Waals surface area contributed by atoms with Crippen LogP contribution in [0.15, 0.2) is 22.7 Å². The molecule has 1 aromatic rings. The van der Waals surface area contributed by atoms with Crippen LogP contribution in [0.2, 0.25) is 0 Å². The Morgan fingerprint density at radius 1 is 1.62 bits per heavy atom. The molecular weight excluding hydrogens is 270 g/mol. The third-order valence-corrected chi connectivity index (χ3v) is 3.36. The summed E-state index contributed by atoms with van der Waals surface area (Å²) in [6.45, 7) is 0.908. The molecule has 0 radical (unpaired) electrons. The third-order valence-electron chi connectivity index (χ3n) is 2.86. The standard InChI is InChI=1S/C12H14BrNO2/c1-16-12(15)7-11-10-3-2-9(13)6-8(10)4-5-14-11/h2-3,6,11,14H,4-5,7H2,1H3. The molecule has 1 aromatic carbocycles. The Kier molecular flexibility index (Phi) is 3.61. The summed E-state index contributed by atoms with van der Waals surface area (Å²) < 4.78 is 5.79. The first kappa shape index (κ1) is 11.6. The van der Waals surface area contributed by atoms with Crippen LogP contribution >= 0.6 is 15.9 Å². The Hall–Kier alpha value is -0.870. The summed E-state index contributed by atoms with van der Waals surface area (Å²) in [5.41, 5.74) is 2.52. The van der Waals surface area contributed by atoms with E-state index < -0.39 is 0 Å². The van der Waals surface area contributed by atoms with Gasteiger partial charge in [-0.1, -0.05) is 22.0 Å². The molecular formula is C12H14BrNO2. The molecule has 0 saturated heterocycles. The summed E-state index contributed by atoms with van der Waals surface area (Å²) in [6, 6.07) is 6.29. The van der Waals surface area contributed by atoms with Crippen LogP contribution in [0.25, 0.3) is 0 Å². The van der Waals surface area contributed by atoms with E-state index in [1.807, 2.05) is 6.07 Å². The van der Waals surface area contributed by atoms with Gasteiger partial charge in [0.25, 0.3) is 0 Å². The highest BCUT2D eigenvalue weighted by Gasteiger charge is 2.22. The lowest BCUT2D eigenvalue weighted by Gasteiger charge is -2.26. The topological polar surface area (TPSA) is 38.3 Å². The molecule has 1 atom stereocenters. The zero-order valence-electron chi connectivity index (χ0n) is 9.13. The van der Waals surface area contributed by atoms with Crippen LogP contribution in [-0.2, 0) is 16.0 Å². The van der Waals surface area contributed by atoms with Crippen LogP contribution < -0.4 is 5.32 Å². The van der Waals surface area contributed by atoms with Gasteiger partial charge < -0.3 is 10.1 Å². The minimum absolute atomic E-state index is 0.0873. The number of hydrogen-bond donors (Lipinski definition) is 1. The summed E-state index contributed by atoms with van der Waals surface area (Å²) in [5.74, 6) is -0.173. The van der Waals surface area contributed by atoms with Gasteiger partial charge in [0.2, 0.25) is 0 Å². The molecule has 4 heteroatoms. The van der Waals surface area contributed by atoms with Crippen LogP contribution in [0.5, 0.6) is 0 Å². The minimum atomic E-state index is -0.173. The van der Waals surface area contributed by atoms with Gasteiger partial charge in [0, 0.05) is 10.5 Å². The molecule has 0 bridgehead atoms. The highest BCUT2D eigenvalue weighted by atomic mass is 79.9. The van der Waals surface area contributed by atoms with E-state index >= 15 is 0 Å². The monoisotopic (exact) mass is 283 g/mol. The lowest BCUT2D eigenvalue weighted by molar-refractivity contribution is -0.141. The third kappa shape index (κ3) is 2.44. The van der Waals surface area contributed by atoms with Gasteiger partial charge in [-0.15, -0.1) is 0 Å². The van der Waals surface area contributed by atoms with Crippen molar-refractivity contribution in [2.24, 2.45) is 0 Å². The Balaban J connectivity index is 2.23. The number of fused-ring (bicyclic) bond motifs is 1. The van der Waals surface area contributed by atoms with Crippen LogP contribution in [0.4, 0.5) is 0 Å². The maximum atomic E-state index is 11.3. The molecule has 0 saturated carbocycles. The fraction of sp³-hybridized carbons (Fsp3) is 0.417. The number of ether oxygens (including phenoxy) is 1. The van der Waals surface area contributed by atoms with Gasteiger partial charge in [0.1, 0.15) is 0 Å². The fourth-order valence-electron chi connectivity index (χ4n) is 2.05. The molecule has 1 heterocycles. The van der Waals surface area contributed by atoms with Crippen molar-refractivity contribution in [3.63, 3.8) is 0 Å². The SMILES string of the molecule is COC(=O)CC1NCCc2cc(Br)ccc21. The van der Waals surface area contributed by atoms with E-state index in [1.54, 1.807) is 0 Å². The molecule has 0 aliphatic carbocycles. The summed E-state index contributed by atoms with van der Waals surface area (Å²) in [4.78, 5) is 11.3. The van der Waals surface area contributed by atoms with Crippen molar-refractivity contribution >= 4 is 21.9 Å². The molecule has 1 unspecified atom stereocenters. The van der Waals surface area contributed by atoms with Gasteiger partial charge >= 0.3 is 5.97 Å². The molecule has 16 heavy (non-hydrogen) atoms. The Bertz CT molecular complexity index is 406. The number of methoxy groups -OCH3 is 1. The van der Waals surface area contributed by atoms with E-state index in [9.17, 15) is 4.79 Å². The predicted molar refractivity (Wildman–Crippen MR) is 65.2 cm³/mol. The predicted octanol–water partition coefficient (Wildman–Crippen LogP) is 2.20. The van der Waals surface area contributed by atoms with Gasteiger partial charge in [-0.05, 0) is 36.2 Å². The Labute approximate surface area is 103 Å². The summed E-state index contributed by atoms with van der Waals surface area (Å²) in [7, 11) is 1.42. The van der Waals surface area contributed by atoms with Gasteiger partial charge in [-0.25, -0.2) is 0 Å². The van der Waals surface area contributed by atoms with Crippen molar-refractivity contribution in [2.75, 3.05) is 13.7 Å². The molecule has 0 aromatic heterocycles. The van der Waals surface area contributed by atoms with Crippen molar-refractivity contribution in [3.8, 4) is 0 Å². The van der Waals surface area contributed by atoms with Crippen LogP contribution in [0.1, 0.15) is 23.6 Å². The van der Waals surface area contributed by atoms with Gasteiger partial charge in [0.05, 0.1) is 13.5 Å². The lowest BCUT2D eigenvalue weighted by Crippen LogP contribution is -2.31. The second-order valence-corrected chi connectivity index (χ2v) is 4.80. The maximum Gasteiger partial charge on any atom is 0.307 e. The molecule has 0 spiro atoms. The quantitative estimate of drug-likeness (QED) is 0.846. The van der Waals surface area contributed by atoms with Crippen molar-refractivity contribution < 1.29 is 9.53 Å². The zero-order valence-corrected chi connectivity index (χ0v) is 10.7. The van der Waals surface area contributed by atoms with Gasteiger partial charge in [-0.2, -0.15) is 0 Å². The van der Waals surface area contributed by atoms with E-state index in [0.29, 0.717) is 6.42 Å². The largest absolute Gasteiger partial charge is 0.469 e. The number of esters is 1. The number of rotatable bonds is 2. The van der Waals surface area contributed by atoms with Crippen molar-refractivity contribution in [2.45, 2.75) is 18.9 Å². The smallest absolute Gasteiger partial charge is 0.307 e. The molecule has 3 nitrogen and oxygen atoms in total. The number of hydrogen-bond acceptors (Lipinski definition) is 3. The van der Waals surface area contributed by atoms with E-state index in [2.05, 4.69) is 33.4 Å². The number of carbonyl (C=O) groups is 1. The Morgan fingerprint density at radius 2 is 2.44 bits per heavy atom. The van der Waals surface area contributed by atoms with E-state index in [0.717, 1.165) is 17.4 Å². The second-order valence-electron chi connectivity index (χ2n) is 3.88. The molecule has 0 amide bonds. The average Bonchev–Trinajstić information content (AvgIpc) is 2.28. The van der Waals surface area contributed by atoms with Crippen molar-refractivity contribution in [1.29, 1.82) is 0 Å². The van der Waals surface area contributed by atoms with Gasteiger partial charge in [-0.3, -0.25) is 4.79 Å². The average molecular weight is 284 g/mol. The van der Waals surface area contributed by atoms with Crippen molar-refractivity contribution in [3.05, 3.63) is 33.8 Å². The normalized spacial score (nSPS) is 19.0. The van der Waals surface area contributed by atoms with E-state index in [-0.39, 0.29) is 12.0 Å². The first-order valence-corrected chi connectivity index (χ1v) is 6.08. The molecule has 2 rings (SSSR count).